The number of thioether (sulfide) groups is 1. The van der Waals surface area contributed by atoms with E-state index in [9.17, 15) is 18.3 Å². The molecule has 10 unspecified atom stereocenters. The number of ether oxygens (including phenoxy) is 10. The lowest BCUT2D eigenvalue weighted by Crippen LogP contribution is -2.68. The van der Waals surface area contributed by atoms with Gasteiger partial charge in [0, 0.05) is 0 Å². The minimum Gasteiger partial charge on any atom is -0.424 e. The number of sulfonamides is 1. The summed E-state index contributed by atoms with van der Waals surface area (Å²) < 4.78 is 116. The van der Waals surface area contributed by atoms with Crippen LogP contribution in [-0.2, 0) is 86.1 Å². The first-order valence-corrected chi connectivity index (χ1v) is 38.1. The third-order valence-electron chi connectivity index (χ3n) is 18.0. The zero-order valence-corrected chi connectivity index (χ0v) is 56.9. The topological polar surface area (TPSA) is 194 Å². The second kappa shape index (κ2) is 31.1. The molecular weight excluding hydrogens is 1180 g/mol. The summed E-state index contributed by atoms with van der Waals surface area (Å²) >= 11 is 1.37. The van der Waals surface area contributed by atoms with Gasteiger partial charge in [-0.3, -0.25) is 0 Å². The maximum absolute atomic E-state index is 14.7. The molecule has 17 nitrogen and oxygen atoms in total. The number of carbonyl (C=O) groups excluding carboxylic acids is 1. The summed E-state index contributed by atoms with van der Waals surface area (Å²) in [5, 5.41) is 13.1. The summed E-state index contributed by atoms with van der Waals surface area (Å²) in [4.78, 5) is 13.9. The maximum Gasteiger partial charge on any atom is 0.509 e. The lowest BCUT2D eigenvalue weighted by atomic mass is 9.95. The quantitative estimate of drug-likeness (QED) is 0.0369. The van der Waals surface area contributed by atoms with Crippen LogP contribution in [0.15, 0.2) is 126 Å². The lowest BCUT2D eigenvalue weighted by Gasteiger charge is -2.51. The van der Waals surface area contributed by atoms with Crippen molar-refractivity contribution >= 4 is 44.6 Å². The van der Waals surface area contributed by atoms with Gasteiger partial charge in [0.15, 0.2) is 47.5 Å². The Hall–Kier alpha value is -3.60. The van der Waals surface area contributed by atoms with E-state index in [-0.39, 0.29) is 71.2 Å². The third kappa shape index (κ3) is 16.2. The van der Waals surface area contributed by atoms with Gasteiger partial charge >= 0.3 is 6.16 Å². The van der Waals surface area contributed by atoms with Crippen molar-refractivity contribution in [3.63, 3.8) is 0 Å². The molecule has 4 fully saturated rings. The Morgan fingerprint density at radius 3 is 1.41 bits per heavy atom. The Balaban J connectivity index is 1.25. The first-order valence-electron chi connectivity index (χ1n) is 31.3. The Morgan fingerprint density at radius 2 is 0.943 bits per heavy atom. The van der Waals surface area contributed by atoms with Crippen LogP contribution in [0.4, 0.5) is 4.79 Å². The van der Waals surface area contributed by atoms with Crippen LogP contribution >= 0.6 is 11.8 Å². The monoisotopic (exact) mass is 1280 g/mol. The number of hydrogen-bond acceptors (Lipinski definition) is 17. The van der Waals surface area contributed by atoms with Crippen molar-refractivity contribution in [2.24, 2.45) is 0 Å². The van der Waals surface area contributed by atoms with Crippen LogP contribution in [0.25, 0.3) is 0 Å². The van der Waals surface area contributed by atoms with E-state index < -0.39 is 124 Å². The van der Waals surface area contributed by atoms with Crippen LogP contribution in [0.1, 0.15) is 114 Å². The molecule has 0 spiro atoms. The van der Waals surface area contributed by atoms with Gasteiger partial charge in [0.25, 0.3) is 0 Å². The highest BCUT2D eigenvalue weighted by Gasteiger charge is 2.61. The van der Waals surface area contributed by atoms with Crippen molar-refractivity contribution < 1.29 is 74.5 Å². The number of carbonyl (C=O) groups is 1. The van der Waals surface area contributed by atoms with Gasteiger partial charge in [0.1, 0.15) is 48.2 Å². The maximum atomic E-state index is 14.7. The molecule has 0 radical (unpaired) electrons. The summed E-state index contributed by atoms with van der Waals surface area (Å²) in [6, 6.07) is 36.2. The Labute approximate surface area is 524 Å². The van der Waals surface area contributed by atoms with Gasteiger partial charge in [0.2, 0.25) is 10.0 Å². The summed E-state index contributed by atoms with van der Waals surface area (Å²) in [7, 11) is -9.51. The van der Waals surface area contributed by atoms with Crippen LogP contribution in [0.5, 0.6) is 0 Å². The number of hydrogen-bond donors (Lipinski definition) is 2. The fourth-order valence-electron chi connectivity index (χ4n) is 14.0. The van der Waals surface area contributed by atoms with Gasteiger partial charge in [-0.2, -0.15) is 0 Å². The van der Waals surface area contributed by atoms with Crippen LogP contribution in [-0.4, -0.2) is 146 Å². The normalized spacial score (nSPS) is 29.1. The van der Waals surface area contributed by atoms with Crippen LogP contribution in [0.3, 0.4) is 0 Å². The summed E-state index contributed by atoms with van der Waals surface area (Å²) in [5.41, 5.74) is 2.98. The molecule has 482 valence electrons. The molecule has 0 saturated carbocycles. The number of aliphatic hydroxyl groups is 1. The van der Waals surface area contributed by atoms with Crippen molar-refractivity contribution in [3.8, 4) is 0 Å². The van der Waals surface area contributed by atoms with Gasteiger partial charge in [-0.05, 0) is 74.7 Å². The molecule has 4 heterocycles. The lowest BCUT2D eigenvalue weighted by molar-refractivity contribution is -0.375. The van der Waals surface area contributed by atoms with E-state index in [1.54, 1.807) is 18.2 Å². The molecule has 2 N–H and O–H groups in total. The second-order valence-corrected chi connectivity index (χ2v) is 39.4. The van der Waals surface area contributed by atoms with Gasteiger partial charge in [-0.1, -0.05) is 199 Å². The fourth-order valence-corrected chi connectivity index (χ4v) is 27.3. The summed E-state index contributed by atoms with van der Waals surface area (Å²) in [6.07, 6.45) is -15.7. The highest BCUT2D eigenvalue weighted by atomic mass is 32.2. The Morgan fingerprint density at radius 1 is 0.529 bits per heavy atom. The molecule has 0 aliphatic carbocycles. The van der Waals surface area contributed by atoms with Gasteiger partial charge < -0.3 is 61.3 Å². The molecule has 15 atom stereocenters. The van der Waals surface area contributed by atoms with Gasteiger partial charge in [-0.25, -0.2) is 17.9 Å². The molecule has 4 aliphatic rings. The van der Waals surface area contributed by atoms with Crippen LogP contribution < -0.4 is 4.72 Å². The minimum atomic E-state index is -4.31. The fraction of sp³-hybridized carbons (Fsp3) is 0.621. The molecule has 0 amide bonds. The van der Waals surface area contributed by atoms with Gasteiger partial charge in [0.05, 0.1) is 50.1 Å². The number of benzene rings is 4. The van der Waals surface area contributed by atoms with E-state index in [2.05, 4.69) is 87.8 Å². The number of fused-ring (bicyclic) bond motifs is 1. The highest BCUT2D eigenvalue weighted by molar-refractivity contribution is 7.99. The average Bonchev–Trinajstić information content (AvgIpc) is 1.84. The summed E-state index contributed by atoms with van der Waals surface area (Å²) in [5.74, 6) is 0.508. The van der Waals surface area contributed by atoms with E-state index in [1.165, 1.54) is 23.9 Å². The predicted molar refractivity (Wildman–Crippen MR) is 340 cm³/mol. The highest BCUT2D eigenvalue weighted by Crippen LogP contribution is 2.46. The van der Waals surface area contributed by atoms with E-state index in [1.807, 2.05) is 105 Å². The molecule has 0 bridgehead atoms. The molecule has 8 rings (SSSR count). The average molecular weight is 1280 g/mol. The van der Waals surface area contributed by atoms with E-state index in [0.29, 0.717) is 5.75 Å². The number of rotatable bonds is 30. The minimum absolute atomic E-state index is 0.00276. The molecule has 4 aliphatic heterocycles. The molecule has 4 aromatic carbocycles. The number of aliphatic hydroxyl groups excluding tert-OH is 1. The zero-order valence-electron chi connectivity index (χ0n) is 53.3. The van der Waals surface area contributed by atoms with E-state index in [0.717, 1.165) is 16.7 Å². The molecule has 87 heavy (non-hydrogen) atoms. The Kier molecular flexibility index (Phi) is 24.8. The molecule has 0 aromatic heterocycles. The van der Waals surface area contributed by atoms with Crippen LogP contribution in [0.2, 0.25) is 33.2 Å². The first kappa shape index (κ1) is 69.3. The smallest absolute Gasteiger partial charge is 0.424 e. The first-order chi connectivity index (χ1) is 41.5. The van der Waals surface area contributed by atoms with Crippen molar-refractivity contribution in [2.45, 2.75) is 246 Å². The van der Waals surface area contributed by atoms with E-state index >= 15 is 0 Å². The second-order valence-electron chi connectivity index (χ2n) is 25.4. The molecule has 21 heteroatoms. The van der Waals surface area contributed by atoms with Crippen molar-refractivity contribution in [1.82, 2.24) is 4.72 Å². The third-order valence-corrected chi connectivity index (χ3v) is 32.7. The predicted octanol–water partition coefficient (Wildman–Crippen LogP) is 12.5. The molecule has 4 aromatic rings. The largest absolute Gasteiger partial charge is 0.509 e. The molecular formula is C66H97NO16S2Si2. The van der Waals surface area contributed by atoms with Crippen molar-refractivity contribution in [1.29, 1.82) is 0 Å². The standard InChI is InChI=1S/C66H97NO16S2Si2/c1-15-84-65-54(67-85(70,71)51-34-26-19-27-35-51)58(55(68)52(79-65)39-75-86(41(2)3,42(4)5)43(6)7)80-64-62(60-57(82-66(69)83-60)53(78-64)40-76-87(44(8)9,45(10)11)46(12)13)81-63-61(74-38-50-32-24-18-25-33-50)59(73-37-49-30-22-17-23-31-49)56(47(14)77-63)72-36-48-28-20-16-21-29-48/h16-35,41-47,52-65,67-68H,15,36-40H2,1-14H3/t47?,52?,53?,54?,55-,56-,57-,58?,59?,60?,61?,62?,63-,64-,65?/m0/s1. The SMILES string of the molecule is CCSC1OC(CO[Si](C(C)C)(C(C)C)C(C)C)[C@H](O)C(O[C@@H]2OC(CO[Si](C(C)C)(C(C)C)C(C)C)[C@@H]3OC(=O)OC3C2O[C@@H]2OC(C)[C@H](OCc3ccccc3)C(OCc3ccccc3)C2OCc2ccccc2)C1NS(=O)(=O)c1ccccc1. The van der Waals surface area contributed by atoms with Crippen LogP contribution in [0, 0.1) is 0 Å². The van der Waals surface area contributed by atoms with Gasteiger partial charge in [-0.15, -0.1) is 11.8 Å². The molecule has 4 saturated heterocycles. The number of nitrogens with one attached hydrogen (secondary N) is 1. The van der Waals surface area contributed by atoms with E-state index in [4.69, 9.17) is 56.2 Å². The summed E-state index contributed by atoms with van der Waals surface area (Å²) in [6.45, 7) is 30.6. The van der Waals surface area contributed by atoms with Crippen molar-refractivity contribution in [2.75, 3.05) is 19.0 Å². The Bertz CT molecular complexity index is 2780. The zero-order chi connectivity index (χ0) is 62.8. The van der Waals surface area contributed by atoms with Crippen molar-refractivity contribution in [3.05, 3.63) is 138 Å².